The van der Waals surface area contributed by atoms with Gasteiger partial charge in [0.1, 0.15) is 11.4 Å². The van der Waals surface area contributed by atoms with Crippen LogP contribution in [0.3, 0.4) is 0 Å². The Hall–Kier alpha value is -1.72. The van der Waals surface area contributed by atoms with Gasteiger partial charge in [-0.15, -0.1) is 0 Å². The van der Waals surface area contributed by atoms with Crippen molar-refractivity contribution in [3.8, 4) is 5.75 Å². The van der Waals surface area contributed by atoms with Crippen LogP contribution in [-0.4, -0.2) is 14.0 Å². The summed E-state index contributed by atoms with van der Waals surface area (Å²) in [6, 6.07) is 10.1. The van der Waals surface area contributed by atoms with Crippen molar-refractivity contribution in [2.45, 2.75) is 44.1 Å². The fraction of sp³-hybridized carbons (Fsp3) is 0.333. The molecule has 0 fully saturated rings. The van der Waals surface area contributed by atoms with E-state index in [4.69, 9.17) is 16.3 Å². The van der Waals surface area contributed by atoms with Gasteiger partial charge >= 0.3 is 0 Å². The predicted octanol–water partition coefficient (Wildman–Crippen LogP) is 4.55. The summed E-state index contributed by atoms with van der Waals surface area (Å²) in [6.45, 7) is 5.88. The second-order valence-electron chi connectivity index (χ2n) is 6.70. The molecule has 128 valence electrons. The fourth-order valence-electron chi connectivity index (χ4n) is 2.75. The molecule has 3 rings (SSSR count). The Labute approximate surface area is 147 Å². The van der Waals surface area contributed by atoms with Gasteiger partial charge in [0, 0.05) is 5.02 Å². The number of hydrogen-bond acceptors (Lipinski definition) is 3. The van der Waals surface area contributed by atoms with Crippen molar-refractivity contribution in [2.75, 3.05) is 4.72 Å². The van der Waals surface area contributed by atoms with E-state index in [2.05, 4.69) is 4.72 Å². The van der Waals surface area contributed by atoms with E-state index >= 15 is 0 Å². The average Bonchev–Trinajstić information content (AvgIpc) is 2.48. The molecule has 0 saturated heterocycles. The smallest absolute Gasteiger partial charge is 0.261 e. The number of rotatable bonds is 3. The third-order valence-corrected chi connectivity index (χ3v) is 5.76. The molecule has 2 aromatic carbocycles. The highest BCUT2D eigenvalue weighted by molar-refractivity contribution is 7.92. The van der Waals surface area contributed by atoms with Crippen LogP contribution in [0.1, 0.15) is 31.4 Å². The first-order valence-corrected chi connectivity index (χ1v) is 9.63. The second kappa shape index (κ2) is 5.97. The minimum Gasteiger partial charge on any atom is -0.488 e. The lowest BCUT2D eigenvalue weighted by atomic mass is 9.94. The minimum atomic E-state index is -3.66. The van der Waals surface area contributed by atoms with Gasteiger partial charge in [0.2, 0.25) is 0 Å². The molecule has 0 spiro atoms. The molecule has 0 aromatic heterocycles. The maximum Gasteiger partial charge on any atom is 0.261 e. The zero-order valence-corrected chi connectivity index (χ0v) is 15.5. The molecule has 1 heterocycles. The monoisotopic (exact) mass is 365 g/mol. The summed E-state index contributed by atoms with van der Waals surface area (Å²) in [4.78, 5) is 0.235. The summed E-state index contributed by atoms with van der Waals surface area (Å²) < 4.78 is 33.9. The average molecular weight is 366 g/mol. The van der Waals surface area contributed by atoms with Gasteiger partial charge in [0.25, 0.3) is 10.0 Å². The van der Waals surface area contributed by atoms with Crippen molar-refractivity contribution in [1.82, 2.24) is 0 Å². The largest absolute Gasteiger partial charge is 0.488 e. The second-order valence-corrected chi connectivity index (χ2v) is 8.81. The van der Waals surface area contributed by atoms with E-state index in [0.29, 0.717) is 10.7 Å². The van der Waals surface area contributed by atoms with Gasteiger partial charge in [-0.2, -0.15) is 0 Å². The Bertz CT molecular complexity index is 891. The number of aryl methyl sites for hydroxylation is 2. The Morgan fingerprint density at radius 1 is 1.17 bits per heavy atom. The van der Waals surface area contributed by atoms with Crippen molar-refractivity contribution in [2.24, 2.45) is 0 Å². The van der Waals surface area contributed by atoms with Crippen LogP contribution in [0.2, 0.25) is 5.02 Å². The van der Waals surface area contributed by atoms with E-state index in [9.17, 15) is 8.42 Å². The SMILES string of the molecule is Cc1cc(Cl)ccc1NS(=O)(=O)c1ccc2c(c1)CCC(C)(C)O2. The van der Waals surface area contributed by atoms with Crippen LogP contribution < -0.4 is 9.46 Å². The normalized spacial score (nSPS) is 16.2. The van der Waals surface area contributed by atoms with E-state index < -0.39 is 10.0 Å². The van der Waals surface area contributed by atoms with Gasteiger partial charge in [0.05, 0.1) is 10.6 Å². The number of hydrogen-bond donors (Lipinski definition) is 1. The highest BCUT2D eigenvalue weighted by atomic mass is 35.5. The van der Waals surface area contributed by atoms with Crippen molar-refractivity contribution in [1.29, 1.82) is 0 Å². The summed E-state index contributed by atoms with van der Waals surface area (Å²) >= 11 is 5.92. The zero-order chi connectivity index (χ0) is 17.5. The number of nitrogens with one attached hydrogen (secondary N) is 1. The molecule has 0 amide bonds. The summed E-state index contributed by atoms with van der Waals surface area (Å²) in [7, 11) is -3.66. The molecule has 4 nitrogen and oxygen atoms in total. The maximum absolute atomic E-state index is 12.7. The minimum absolute atomic E-state index is 0.216. The summed E-state index contributed by atoms with van der Waals surface area (Å²) in [6.07, 6.45) is 1.65. The van der Waals surface area contributed by atoms with Gasteiger partial charge in [-0.3, -0.25) is 4.72 Å². The van der Waals surface area contributed by atoms with Crippen LogP contribution in [0.15, 0.2) is 41.3 Å². The van der Waals surface area contributed by atoms with E-state index in [0.717, 1.165) is 29.7 Å². The third-order valence-electron chi connectivity index (χ3n) is 4.16. The molecule has 24 heavy (non-hydrogen) atoms. The van der Waals surface area contributed by atoms with E-state index in [1.807, 2.05) is 20.8 Å². The molecule has 0 atom stereocenters. The van der Waals surface area contributed by atoms with E-state index in [1.165, 1.54) is 0 Å². The quantitative estimate of drug-likeness (QED) is 0.867. The van der Waals surface area contributed by atoms with Gasteiger partial charge in [-0.1, -0.05) is 11.6 Å². The Balaban J connectivity index is 1.90. The summed E-state index contributed by atoms with van der Waals surface area (Å²) in [5.41, 5.74) is 2.00. The molecule has 0 bridgehead atoms. The van der Waals surface area contributed by atoms with Crippen LogP contribution in [0.4, 0.5) is 5.69 Å². The van der Waals surface area contributed by atoms with E-state index in [1.54, 1.807) is 36.4 Å². The van der Waals surface area contributed by atoms with Crippen LogP contribution in [-0.2, 0) is 16.4 Å². The number of halogens is 1. The Morgan fingerprint density at radius 2 is 1.92 bits per heavy atom. The topological polar surface area (TPSA) is 55.4 Å². The van der Waals surface area contributed by atoms with Crippen molar-refractivity contribution < 1.29 is 13.2 Å². The molecular formula is C18H20ClNO3S. The molecule has 0 unspecified atom stereocenters. The van der Waals surface area contributed by atoms with Crippen molar-refractivity contribution >= 4 is 27.3 Å². The van der Waals surface area contributed by atoms with E-state index in [-0.39, 0.29) is 10.5 Å². The van der Waals surface area contributed by atoms with Crippen LogP contribution in [0, 0.1) is 6.92 Å². The summed E-state index contributed by atoms with van der Waals surface area (Å²) in [5, 5.41) is 0.573. The van der Waals surface area contributed by atoms with Gasteiger partial charge < -0.3 is 4.74 Å². The number of fused-ring (bicyclic) bond motifs is 1. The lowest BCUT2D eigenvalue weighted by molar-refractivity contribution is 0.0845. The van der Waals surface area contributed by atoms with Gasteiger partial charge in [-0.05, 0) is 81.1 Å². The molecule has 0 saturated carbocycles. The van der Waals surface area contributed by atoms with Crippen molar-refractivity contribution in [3.63, 3.8) is 0 Å². The van der Waals surface area contributed by atoms with Crippen LogP contribution in [0.25, 0.3) is 0 Å². The van der Waals surface area contributed by atoms with Gasteiger partial charge in [-0.25, -0.2) is 8.42 Å². The molecular weight excluding hydrogens is 346 g/mol. The Morgan fingerprint density at radius 3 is 2.62 bits per heavy atom. The number of anilines is 1. The van der Waals surface area contributed by atoms with Crippen LogP contribution >= 0.6 is 11.6 Å². The molecule has 1 N–H and O–H groups in total. The molecule has 6 heteroatoms. The zero-order valence-electron chi connectivity index (χ0n) is 13.9. The summed E-state index contributed by atoms with van der Waals surface area (Å²) in [5.74, 6) is 0.757. The predicted molar refractivity (Wildman–Crippen MR) is 96.5 cm³/mol. The molecule has 2 aromatic rings. The highest BCUT2D eigenvalue weighted by Gasteiger charge is 2.27. The first-order chi connectivity index (χ1) is 11.2. The third kappa shape index (κ3) is 3.52. The lowest BCUT2D eigenvalue weighted by Crippen LogP contribution is -2.32. The Kier molecular flexibility index (Phi) is 4.26. The molecule has 0 radical (unpaired) electrons. The lowest BCUT2D eigenvalue weighted by Gasteiger charge is -2.32. The molecule has 1 aliphatic rings. The standard InChI is InChI=1S/C18H20ClNO3S/c1-12-10-14(19)4-6-16(12)20-24(21,22)15-5-7-17-13(11-15)8-9-18(2,3)23-17/h4-7,10-11,20H,8-9H2,1-3H3. The number of sulfonamides is 1. The number of benzene rings is 2. The fourth-order valence-corrected chi connectivity index (χ4v) is 4.16. The number of ether oxygens (including phenoxy) is 1. The maximum atomic E-state index is 12.7. The van der Waals surface area contributed by atoms with Gasteiger partial charge in [0.15, 0.2) is 0 Å². The molecule has 0 aliphatic carbocycles. The van der Waals surface area contributed by atoms with Crippen LogP contribution in [0.5, 0.6) is 5.75 Å². The molecule has 1 aliphatic heterocycles. The highest BCUT2D eigenvalue weighted by Crippen LogP contribution is 2.34. The van der Waals surface area contributed by atoms with Crippen molar-refractivity contribution in [3.05, 3.63) is 52.5 Å². The first-order valence-electron chi connectivity index (χ1n) is 7.77. The first kappa shape index (κ1) is 17.1.